The van der Waals surface area contributed by atoms with Crippen molar-refractivity contribution in [2.45, 2.75) is 38.0 Å². The minimum atomic E-state index is 0.646. The fraction of sp³-hybridized carbons (Fsp3) is 0.833. The zero-order chi connectivity index (χ0) is 11.5. The van der Waals surface area contributed by atoms with Gasteiger partial charge in [-0.25, -0.2) is 0 Å². The molecule has 5 heteroatoms. The van der Waals surface area contributed by atoms with Crippen molar-refractivity contribution in [1.29, 1.82) is 0 Å². The molecule has 3 heterocycles. The summed E-state index contributed by atoms with van der Waals surface area (Å²) in [4.78, 5) is 2.41. The lowest BCUT2D eigenvalue weighted by Crippen LogP contribution is -2.29. The number of hydrogen-bond acceptors (Lipinski definition) is 5. The van der Waals surface area contributed by atoms with E-state index in [0.717, 1.165) is 18.2 Å². The van der Waals surface area contributed by atoms with E-state index in [-0.39, 0.29) is 0 Å². The number of piperidine rings is 2. The largest absolute Gasteiger partial charge is 0.347 e. The molecule has 0 aliphatic carbocycles. The summed E-state index contributed by atoms with van der Waals surface area (Å²) in [7, 11) is 0. The van der Waals surface area contributed by atoms with Gasteiger partial charge >= 0.3 is 0 Å². The number of nitrogens with zero attached hydrogens (tertiary/aromatic N) is 3. The van der Waals surface area contributed by atoms with E-state index in [0.29, 0.717) is 5.92 Å². The van der Waals surface area contributed by atoms with Crippen molar-refractivity contribution in [1.82, 2.24) is 15.5 Å². The molecule has 1 aromatic rings. The Kier molecular flexibility index (Phi) is 3.57. The Morgan fingerprint density at radius 1 is 1.06 bits per heavy atom. The van der Waals surface area contributed by atoms with Crippen LogP contribution in [-0.2, 0) is 0 Å². The molecule has 0 spiro atoms. The van der Waals surface area contributed by atoms with Crippen LogP contribution >= 0.6 is 11.3 Å². The number of nitrogens with one attached hydrogen (secondary N) is 1. The van der Waals surface area contributed by atoms with Crippen molar-refractivity contribution in [2.24, 2.45) is 0 Å². The third-order valence-corrected chi connectivity index (χ3v) is 4.89. The van der Waals surface area contributed by atoms with Crippen LogP contribution in [0.5, 0.6) is 0 Å². The van der Waals surface area contributed by atoms with Crippen LogP contribution in [0.1, 0.15) is 43.0 Å². The zero-order valence-corrected chi connectivity index (χ0v) is 11.0. The van der Waals surface area contributed by atoms with Crippen LogP contribution in [0.15, 0.2) is 0 Å². The van der Waals surface area contributed by atoms with Crippen LogP contribution in [0.3, 0.4) is 0 Å². The number of anilines is 1. The molecule has 0 aromatic carbocycles. The van der Waals surface area contributed by atoms with Crippen molar-refractivity contribution < 1.29 is 0 Å². The van der Waals surface area contributed by atoms with E-state index < -0.39 is 0 Å². The van der Waals surface area contributed by atoms with Crippen LogP contribution in [0.2, 0.25) is 0 Å². The van der Waals surface area contributed by atoms with E-state index in [1.54, 1.807) is 0 Å². The SMILES string of the molecule is C1CCN(c2nnc(C3CCNCC3)s2)CC1. The highest BCUT2D eigenvalue weighted by Gasteiger charge is 2.21. The monoisotopic (exact) mass is 252 g/mol. The molecule has 94 valence electrons. The van der Waals surface area contributed by atoms with E-state index in [4.69, 9.17) is 0 Å². The van der Waals surface area contributed by atoms with E-state index in [9.17, 15) is 0 Å². The summed E-state index contributed by atoms with van der Waals surface area (Å²) in [6.45, 7) is 4.59. The number of hydrogen-bond donors (Lipinski definition) is 1. The first-order valence-electron chi connectivity index (χ1n) is 6.72. The van der Waals surface area contributed by atoms with Gasteiger partial charge < -0.3 is 10.2 Å². The Hall–Kier alpha value is -0.680. The maximum atomic E-state index is 4.41. The summed E-state index contributed by atoms with van der Waals surface area (Å²) in [5.74, 6) is 0.646. The van der Waals surface area contributed by atoms with Crippen LogP contribution < -0.4 is 10.2 Å². The lowest BCUT2D eigenvalue weighted by Gasteiger charge is -2.25. The van der Waals surface area contributed by atoms with Crippen molar-refractivity contribution in [2.75, 3.05) is 31.1 Å². The normalized spacial score (nSPS) is 22.9. The van der Waals surface area contributed by atoms with Gasteiger partial charge in [-0.2, -0.15) is 0 Å². The van der Waals surface area contributed by atoms with Gasteiger partial charge in [0.2, 0.25) is 5.13 Å². The molecule has 0 bridgehead atoms. The lowest BCUT2D eigenvalue weighted by molar-refractivity contribution is 0.457. The molecule has 0 radical (unpaired) electrons. The van der Waals surface area contributed by atoms with Gasteiger partial charge in [0, 0.05) is 19.0 Å². The van der Waals surface area contributed by atoms with Crippen LogP contribution in [-0.4, -0.2) is 36.4 Å². The Labute approximate surface area is 106 Å². The van der Waals surface area contributed by atoms with Gasteiger partial charge in [-0.3, -0.25) is 0 Å². The second-order valence-electron chi connectivity index (χ2n) is 4.99. The first-order valence-corrected chi connectivity index (χ1v) is 7.54. The molecule has 0 atom stereocenters. The standard InChI is InChI=1S/C12H20N4S/c1-2-8-16(9-3-1)12-15-14-11(17-12)10-4-6-13-7-5-10/h10,13H,1-9H2. The minimum absolute atomic E-state index is 0.646. The maximum Gasteiger partial charge on any atom is 0.208 e. The maximum absolute atomic E-state index is 4.41. The fourth-order valence-corrected chi connectivity index (χ4v) is 3.74. The molecule has 1 aromatic heterocycles. The van der Waals surface area contributed by atoms with E-state index in [1.165, 1.54) is 50.2 Å². The van der Waals surface area contributed by atoms with Crippen LogP contribution in [0.25, 0.3) is 0 Å². The number of aromatic nitrogens is 2. The Morgan fingerprint density at radius 3 is 2.59 bits per heavy atom. The van der Waals surface area contributed by atoms with Crippen molar-refractivity contribution in [3.05, 3.63) is 5.01 Å². The smallest absolute Gasteiger partial charge is 0.208 e. The van der Waals surface area contributed by atoms with E-state index in [1.807, 2.05) is 11.3 Å². The van der Waals surface area contributed by atoms with Gasteiger partial charge in [0.05, 0.1) is 0 Å². The second kappa shape index (κ2) is 5.31. The highest BCUT2D eigenvalue weighted by Crippen LogP contribution is 2.32. The summed E-state index contributed by atoms with van der Waals surface area (Å²) in [6.07, 6.45) is 6.42. The Morgan fingerprint density at radius 2 is 1.82 bits per heavy atom. The fourth-order valence-electron chi connectivity index (χ4n) is 2.67. The lowest BCUT2D eigenvalue weighted by atomic mass is 9.99. The summed E-state index contributed by atoms with van der Waals surface area (Å²) >= 11 is 1.82. The van der Waals surface area contributed by atoms with E-state index in [2.05, 4.69) is 20.4 Å². The highest BCUT2D eigenvalue weighted by molar-refractivity contribution is 7.15. The van der Waals surface area contributed by atoms with Gasteiger partial charge in [0.15, 0.2) is 0 Å². The third-order valence-electron chi connectivity index (χ3n) is 3.74. The van der Waals surface area contributed by atoms with Gasteiger partial charge in [-0.05, 0) is 45.2 Å². The van der Waals surface area contributed by atoms with Gasteiger partial charge in [0.25, 0.3) is 0 Å². The minimum Gasteiger partial charge on any atom is -0.347 e. The van der Waals surface area contributed by atoms with Gasteiger partial charge in [-0.15, -0.1) is 10.2 Å². The molecule has 0 saturated carbocycles. The summed E-state index contributed by atoms with van der Waals surface area (Å²) in [5, 5.41) is 14.6. The molecular formula is C12H20N4S. The topological polar surface area (TPSA) is 41.1 Å². The predicted octanol–water partition coefficient (Wildman–Crippen LogP) is 2.00. The third kappa shape index (κ3) is 2.60. The van der Waals surface area contributed by atoms with Crippen molar-refractivity contribution in [3.63, 3.8) is 0 Å². The van der Waals surface area contributed by atoms with Crippen LogP contribution in [0.4, 0.5) is 5.13 Å². The molecule has 2 aliphatic heterocycles. The highest BCUT2D eigenvalue weighted by atomic mass is 32.1. The molecule has 2 saturated heterocycles. The molecule has 3 rings (SSSR count). The zero-order valence-electron chi connectivity index (χ0n) is 10.2. The van der Waals surface area contributed by atoms with Crippen molar-refractivity contribution in [3.8, 4) is 0 Å². The van der Waals surface area contributed by atoms with Crippen molar-refractivity contribution >= 4 is 16.5 Å². The molecule has 2 aliphatic rings. The molecule has 1 N–H and O–H groups in total. The molecule has 4 nitrogen and oxygen atoms in total. The Bertz CT molecular complexity index is 321. The molecule has 0 amide bonds. The average Bonchev–Trinajstić information content (AvgIpc) is 2.90. The second-order valence-corrected chi connectivity index (χ2v) is 5.98. The molecule has 17 heavy (non-hydrogen) atoms. The molecule has 2 fully saturated rings. The predicted molar refractivity (Wildman–Crippen MR) is 70.8 cm³/mol. The molecule has 0 unspecified atom stereocenters. The number of rotatable bonds is 2. The average molecular weight is 252 g/mol. The Balaban J connectivity index is 1.68. The summed E-state index contributed by atoms with van der Waals surface area (Å²) in [6, 6.07) is 0. The van der Waals surface area contributed by atoms with E-state index >= 15 is 0 Å². The summed E-state index contributed by atoms with van der Waals surface area (Å²) in [5.41, 5.74) is 0. The van der Waals surface area contributed by atoms with Gasteiger partial charge in [-0.1, -0.05) is 11.3 Å². The first-order chi connectivity index (χ1) is 8.43. The molecular weight excluding hydrogens is 232 g/mol. The quantitative estimate of drug-likeness (QED) is 0.874. The first kappa shape index (κ1) is 11.4. The van der Waals surface area contributed by atoms with Crippen LogP contribution in [0, 0.1) is 0 Å². The summed E-state index contributed by atoms with van der Waals surface area (Å²) < 4.78 is 0. The van der Waals surface area contributed by atoms with Gasteiger partial charge in [0.1, 0.15) is 5.01 Å².